The Labute approximate surface area is 103 Å². The monoisotopic (exact) mass is 266 g/mol. The summed E-state index contributed by atoms with van der Waals surface area (Å²) in [7, 11) is 0. The summed E-state index contributed by atoms with van der Waals surface area (Å²) in [6.07, 6.45) is 0.0425. The van der Waals surface area contributed by atoms with Crippen LogP contribution in [0, 0.1) is 0 Å². The molecule has 2 aromatic heterocycles. The molecule has 0 fully saturated rings. The molecule has 11 heteroatoms. The predicted molar refractivity (Wildman–Crippen MR) is 58.5 cm³/mol. The van der Waals surface area contributed by atoms with Gasteiger partial charge in [-0.2, -0.15) is 10.3 Å². The van der Waals surface area contributed by atoms with Crippen LogP contribution in [0.15, 0.2) is 21.9 Å². The third-order valence-corrected chi connectivity index (χ3v) is 1.81. The fourth-order valence-corrected chi connectivity index (χ4v) is 1.11. The highest BCUT2D eigenvalue weighted by Gasteiger charge is 2.15. The minimum Gasteiger partial charge on any atom is -0.371 e. The highest BCUT2D eigenvalue weighted by Crippen LogP contribution is 1.99. The van der Waals surface area contributed by atoms with Crippen molar-refractivity contribution in [3.05, 3.63) is 38.8 Å². The Morgan fingerprint density at radius 2 is 2.05 bits per heavy atom. The standard InChI is InChI=1S/C8H6N6O5/c15-5-1-3(10-7(17)12-5)6(16)19-8(18)11-4-2-9-14-13-4/h1-2H,(H2,10,12,15,17)(H2,9,11,13,14,18). The molecule has 19 heavy (non-hydrogen) atoms. The van der Waals surface area contributed by atoms with Crippen molar-refractivity contribution in [3.63, 3.8) is 0 Å². The van der Waals surface area contributed by atoms with Gasteiger partial charge in [0.25, 0.3) is 5.56 Å². The number of anilines is 1. The molecular weight excluding hydrogens is 260 g/mol. The summed E-state index contributed by atoms with van der Waals surface area (Å²) in [5, 5.41) is 11.2. The largest absolute Gasteiger partial charge is 0.420 e. The van der Waals surface area contributed by atoms with E-state index in [9.17, 15) is 19.2 Å². The quantitative estimate of drug-likeness (QED) is 0.382. The van der Waals surface area contributed by atoms with E-state index < -0.39 is 29.0 Å². The number of nitrogens with one attached hydrogen (secondary N) is 4. The summed E-state index contributed by atoms with van der Waals surface area (Å²) in [6.45, 7) is 0. The van der Waals surface area contributed by atoms with Crippen LogP contribution < -0.4 is 16.6 Å². The number of aromatic nitrogens is 5. The molecule has 0 aliphatic carbocycles. The molecule has 0 spiro atoms. The van der Waals surface area contributed by atoms with Gasteiger partial charge in [-0.3, -0.25) is 15.1 Å². The van der Waals surface area contributed by atoms with Crippen molar-refractivity contribution < 1.29 is 14.3 Å². The number of H-pyrrole nitrogens is 3. The fraction of sp³-hybridized carbons (Fsp3) is 0. The van der Waals surface area contributed by atoms with E-state index in [0.717, 1.165) is 6.07 Å². The van der Waals surface area contributed by atoms with E-state index in [2.05, 4.69) is 25.5 Å². The van der Waals surface area contributed by atoms with Gasteiger partial charge in [-0.15, -0.1) is 5.10 Å². The van der Waals surface area contributed by atoms with Gasteiger partial charge in [0.1, 0.15) is 5.69 Å². The summed E-state index contributed by atoms with van der Waals surface area (Å²) >= 11 is 0. The minimum atomic E-state index is -1.19. The molecule has 0 aliphatic rings. The van der Waals surface area contributed by atoms with Gasteiger partial charge in [0.05, 0.1) is 6.20 Å². The number of amides is 1. The number of esters is 1. The summed E-state index contributed by atoms with van der Waals surface area (Å²) < 4.78 is 4.33. The zero-order chi connectivity index (χ0) is 13.8. The van der Waals surface area contributed by atoms with Crippen LogP contribution in [0.5, 0.6) is 0 Å². The summed E-state index contributed by atoms with van der Waals surface area (Å²) in [4.78, 5) is 48.4. The second-order valence-corrected chi connectivity index (χ2v) is 3.16. The van der Waals surface area contributed by atoms with Crippen molar-refractivity contribution in [2.24, 2.45) is 0 Å². The average Bonchev–Trinajstić information content (AvgIpc) is 2.80. The molecule has 0 radical (unpaired) electrons. The van der Waals surface area contributed by atoms with Crippen LogP contribution in [0.25, 0.3) is 0 Å². The van der Waals surface area contributed by atoms with E-state index in [0.29, 0.717) is 0 Å². The van der Waals surface area contributed by atoms with Crippen molar-refractivity contribution in [2.75, 3.05) is 5.32 Å². The Morgan fingerprint density at radius 1 is 1.26 bits per heavy atom. The summed E-state index contributed by atoms with van der Waals surface area (Å²) in [6, 6.07) is 0.785. The molecule has 0 saturated carbocycles. The maximum Gasteiger partial charge on any atom is 0.420 e. The molecule has 4 N–H and O–H groups in total. The zero-order valence-electron chi connectivity index (χ0n) is 9.09. The van der Waals surface area contributed by atoms with Gasteiger partial charge in [-0.25, -0.2) is 14.4 Å². The lowest BCUT2D eigenvalue weighted by Crippen LogP contribution is -2.27. The van der Waals surface area contributed by atoms with E-state index in [1.54, 1.807) is 0 Å². The third kappa shape index (κ3) is 3.12. The van der Waals surface area contributed by atoms with Gasteiger partial charge in [-0.1, -0.05) is 0 Å². The molecule has 0 bridgehead atoms. The number of nitrogens with zero attached hydrogens (tertiary/aromatic N) is 2. The van der Waals surface area contributed by atoms with Crippen LogP contribution in [0.3, 0.4) is 0 Å². The third-order valence-electron chi connectivity index (χ3n) is 1.81. The first-order valence-electron chi connectivity index (χ1n) is 4.77. The van der Waals surface area contributed by atoms with Gasteiger partial charge in [0.2, 0.25) is 0 Å². The molecule has 0 atom stereocenters. The normalized spacial score (nSPS) is 9.89. The number of rotatable bonds is 2. The summed E-state index contributed by atoms with van der Waals surface area (Å²) in [5.74, 6) is -1.15. The van der Waals surface area contributed by atoms with Crippen LogP contribution in [0.2, 0.25) is 0 Å². The SMILES string of the molecule is O=C(Nc1cn[nH]n1)OC(=O)c1cc(=O)[nH]c(=O)[nH]1. The Hall–Kier alpha value is -3.24. The lowest BCUT2D eigenvalue weighted by molar-refractivity contribution is 0.0638. The van der Waals surface area contributed by atoms with Crippen LogP contribution in [0.1, 0.15) is 10.5 Å². The Bertz CT molecular complexity index is 685. The zero-order valence-corrected chi connectivity index (χ0v) is 9.09. The van der Waals surface area contributed by atoms with Gasteiger partial charge >= 0.3 is 17.8 Å². The number of aromatic amines is 3. The predicted octanol–water partition coefficient (Wildman–Crippen LogP) is -1.43. The number of carbonyl (C=O) groups is 2. The van der Waals surface area contributed by atoms with Crippen LogP contribution >= 0.6 is 0 Å². The molecule has 0 unspecified atom stereocenters. The summed E-state index contributed by atoms with van der Waals surface area (Å²) in [5.41, 5.74) is -2.15. The molecule has 0 saturated heterocycles. The van der Waals surface area contributed by atoms with Crippen molar-refractivity contribution in [2.45, 2.75) is 0 Å². The highest BCUT2D eigenvalue weighted by atomic mass is 16.6. The van der Waals surface area contributed by atoms with Gasteiger partial charge in [0, 0.05) is 6.07 Å². The Balaban J connectivity index is 2.06. The number of carbonyl (C=O) groups excluding carboxylic acids is 2. The maximum atomic E-state index is 11.4. The van der Waals surface area contributed by atoms with Gasteiger partial charge in [-0.05, 0) is 0 Å². The number of ether oxygens (including phenoxy) is 1. The van der Waals surface area contributed by atoms with Crippen molar-refractivity contribution in [3.8, 4) is 0 Å². The molecule has 0 aromatic carbocycles. The van der Waals surface area contributed by atoms with E-state index in [-0.39, 0.29) is 5.82 Å². The lowest BCUT2D eigenvalue weighted by Gasteiger charge is -2.02. The van der Waals surface area contributed by atoms with E-state index >= 15 is 0 Å². The highest BCUT2D eigenvalue weighted by molar-refractivity contribution is 5.98. The topological polar surface area (TPSA) is 163 Å². The van der Waals surface area contributed by atoms with Crippen molar-refractivity contribution >= 4 is 17.9 Å². The van der Waals surface area contributed by atoms with Gasteiger partial charge in [0.15, 0.2) is 5.82 Å². The van der Waals surface area contributed by atoms with Crippen molar-refractivity contribution in [1.82, 2.24) is 25.4 Å². The minimum absolute atomic E-state index is 0.0391. The molecule has 11 nitrogen and oxygen atoms in total. The first-order valence-corrected chi connectivity index (χ1v) is 4.77. The molecule has 2 rings (SSSR count). The Kier molecular flexibility index (Phi) is 3.18. The van der Waals surface area contributed by atoms with E-state index in [1.807, 2.05) is 9.97 Å². The Morgan fingerprint density at radius 3 is 2.68 bits per heavy atom. The van der Waals surface area contributed by atoms with E-state index in [4.69, 9.17) is 0 Å². The van der Waals surface area contributed by atoms with Crippen LogP contribution in [-0.4, -0.2) is 37.4 Å². The van der Waals surface area contributed by atoms with E-state index in [1.165, 1.54) is 6.20 Å². The van der Waals surface area contributed by atoms with Crippen LogP contribution in [-0.2, 0) is 4.74 Å². The molecular formula is C8H6N6O5. The second kappa shape index (κ2) is 4.95. The van der Waals surface area contributed by atoms with Crippen LogP contribution in [0.4, 0.5) is 10.6 Å². The number of hydrogen-bond donors (Lipinski definition) is 4. The molecule has 98 valence electrons. The second-order valence-electron chi connectivity index (χ2n) is 3.16. The lowest BCUT2D eigenvalue weighted by atomic mass is 10.4. The molecule has 1 amide bonds. The van der Waals surface area contributed by atoms with Crippen molar-refractivity contribution in [1.29, 1.82) is 0 Å². The first-order chi connectivity index (χ1) is 9.04. The maximum absolute atomic E-state index is 11.4. The van der Waals surface area contributed by atoms with Gasteiger partial charge < -0.3 is 9.72 Å². The smallest absolute Gasteiger partial charge is 0.371 e. The fourth-order valence-electron chi connectivity index (χ4n) is 1.11. The average molecular weight is 266 g/mol. The molecule has 2 aromatic rings. The molecule has 0 aliphatic heterocycles. The first kappa shape index (κ1) is 12.2. The molecule has 2 heterocycles. The number of hydrogen-bond acceptors (Lipinski definition) is 7.